The molecule has 0 aliphatic rings. The molecule has 1 atom stereocenters. The molecular weight excluding hydrogens is 278 g/mol. The van der Waals surface area contributed by atoms with Crippen molar-refractivity contribution in [1.29, 1.82) is 0 Å². The lowest BCUT2D eigenvalue weighted by molar-refractivity contribution is -0.150. The first-order valence-electron chi connectivity index (χ1n) is 6.67. The number of esters is 1. The van der Waals surface area contributed by atoms with Crippen molar-refractivity contribution in [1.82, 2.24) is 5.32 Å². The SMILES string of the molecule is CCOC(=O)C(C)(Cc1ccc(Cl)cc1)NCCOC. The number of rotatable bonds is 8. The molecule has 0 fully saturated rings. The van der Waals surface area contributed by atoms with Gasteiger partial charge in [0.1, 0.15) is 5.54 Å². The van der Waals surface area contributed by atoms with E-state index >= 15 is 0 Å². The molecule has 0 amide bonds. The number of carbonyl (C=O) groups is 1. The first-order chi connectivity index (χ1) is 9.51. The Labute approximate surface area is 125 Å². The number of carbonyl (C=O) groups excluding carboxylic acids is 1. The number of benzene rings is 1. The first kappa shape index (κ1) is 17.0. The zero-order valence-corrected chi connectivity index (χ0v) is 13.0. The molecule has 0 saturated heterocycles. The highest BCUT2D eigenvalue weighted by Gasteiger charge is 2.34. The third-order valence-electron chi connectivity index (χ3n) is 3.02. The van der Waals surface area contributed by atoms with Crippen LogP contribution in [-0.2, 0) is 20.7 Å². The van der Waals surface area contributed by atoms with E-state index in [2.05, 4.69) is 5.32 Å². The highest BCUT2D eigenvalue weighted by atomic mass is 35.5. The monoisotopic (exact) mass is 299 g/mol. The second-order valence-corrected chi connectivity index (χ2v) is 5.21. The molecule has 1 aromatic rings. The van der Waals surface area contributed by atoms with Crippen molar-refractivity contribution >= 4 is 17.6 Å². The van der Waals surface area contributed by atoms with Crippen LogP contribution >= 0.6 is 11.6 Å². The smallest absolute Gasteiger partial charge is 0.326 e. The predicted octanol–water partition coefficient (Wildman–Crippen LogP) is 2.44. The molecule has 0 saturated carbocycles. The average molecular weight is 300 g/mol. The number of ether oxygens (including phenoxy) is 2. The Morgan fingerprint density at radius 3 is 2.55 bits per heavy atom. The molecule has 0 aliphatic carbocycles. The second-order valence-electron chi connectivity index (χ2n) is 4.78. The van der Waals surface area contributed by atoms with Crippen molar-refractivity contribution in [3.63, 3.8) is 0 Å². The topological polar surface area (TPSA) is 47.6 Å². The zero-order valence-electron chi connectivity index (χ0n) is 12.2. The Morgan fingerprint density at radius 1 is 1.35 bits per heavy atom. The number of halogens is 1. The number of hydrogen-bond donors (Lipinski definition) is 1. The summed E-state index contributed by atoms with van der Waals surface area (Å²) in [4.78, 5) is 12.2. The van der Waals surface area contributed by atoms with Gasteiger partial charge in [0.2, 0.25) is 0 Å². The van der Waals surface area contributed by atoms with Gasteiger partial charge in [-0.3, -0.25) is 10.1 Å². The number of methoxy groups -OCH3 is 1. The first-order valence-corrected chi connectivity index (χ1v) is 7.05. The van der Waals surface area contributed by atoms with E-state index in [-0.39, 0.29) is 5.97 Å². The van der Waals surface area contributed by atoms with Crippen molar-refractivity contribution in [2.24, 2.45) is 0 Å². The molecule has 1 aromatic carbocycles. The van der Waals surface area contributed by atoms with E-state index in [0.717, 1.165) is 5.56 Å². The Kier molecular flexibility index (Phi) is 6.99. The minimum absolute atomic E-state index is 0.258. The standard InChI is InChI=1S/C15H22ClNO3/c1-4-20-14(18)15(2,17-9-10-19-3)11-12-5-7-13(16)8-6-12/h5-8,17H,4,9-11H2,1-3H3. The minimum Gasteiger partial charge on any atom is -0.465 e. The fraction of sp³-hybridized carbons (Fsp3) is 0.533. The van der Waals surface area contributed by atoms with Gasteiger partial charge in [0.05, 0.1) is 13.2 Å². The van der Waals surface area contributed by atoms with E-state index in [1.54, 1.807) is 14.0 Å². The van der Waals surface area contributed by atoms with Crippen molar-refractivity contribution in [2.45, 2.75) is 25.8 Å². The normalized spacial score (nSPS) is 13.8. The van der Waals surface area contributed by atoms with Crippen LogP contribution in [0.15, 0.2) is 24.3 Å². The largest absolute Gasteiger partial charge is 0.465 e. The second kappa shape index (κ2) is 8.25. The zero-order chi connectivity index (χ0) is 15.0. The predicted molar refractivity (Wildman–Crippen MR) is 80.1 cm³/mol. The molecule has 20 heavy (non-hydrogen) atoms. The van der Waals surface area contributed by atoms with Crippen LogP contribution in [0.25, 0.3) is 0 Å². The Morgan fingerprint density at radius 2 is 2.00 bits per heavy atom. The molecule has 0 aliphatic heterocycles. The number of nitrogens with one attached hydrogen (secondary N) is 1. The summed E-state index contributed by atoms with van der Waals surface area (Å²) < 4.78 is 10.2. The van der Waals surface area contributed by atoms with Gasteiger partial charge in [0, 0.05) is 25.1 Å². The fourth-order valence-electron chi connectivity index (χ4n) is 1.94. The lowest BCUT2D eigenvalue weighted by atomic mass is 9.92. The average Bonchev–Trinajstić information content (AvgIpc) is 2.42. The van der Waals surface area contributed by atoms with Crippen LogP contribution in [0.5, 0.6) is 0 Å². The molecule has 112 valence electrons. The van der Waals surface area contributed by atoms with E-state index in [4.69, 9.17) is 21.1 Å². The maximum Gasteiger partial charge on any atom is 0.326 e. The van der Waals surface area contributed by atoms with Crippen molar-refractivity contribution in [3.05, 3.63) is 34.9 Å². The van der Waals surface area contributed by atoms with Crippen LogP contribution in [0.2, 0.25) is 5.02 Å². The van der Waals surface area contributed by atoms with Crippen LogP contribution in [0.1, 0.15) is 19.4 Å². The summed E-state index contributed by atoms with van der Waals surface area (Å²) >= 11 is 5.87. The summed E-state index contributed by atoms with van der Waals surface area (Å²) in [6, 6.07) is 7.46. The quantitative estimate of drug-likeness (QED) is 0.592. The van der Waals surface area contributed by atoms with Crippen LogP contribution < -0.4 is 5.32 Å². The van der Waals surface area contributed by atoms with Gasteiger partial charge in [-0.05, 0) is 31.5 Å². The molecular formula is C15H22ClNO3. The summed E-state index contributed by atoms with van der Waals surface area (Å²) in [5, 5.41) is 3.89. The third-order valence-corrected chi connectivity index (χ3v) is 3.27. The van der Waals surface area contributed by atoms with Crippen molar-refractivity contribution in [3.8, 4) is 0 Å². The highest BCUT2D eigenvalue weighted by Crippen LogP contribution is 2.17. The maximum atomic E-state index is 12.2. The van der Waals surface area contributed by atoms with Gasteiger partial charge in [0.15, 0.2) is 0 Å². The van der Waals surface area contributed by atoms with Crippen LogP contribution in [0, 0.1) is 0 Å². The highest BCUT2D eigenvalue weighted by molar-refractivity contribution is 6.30. The molecule has 4 nitrogen and oxygen atoms in total. The Balaban J connectivity index is 2.80. The minimum atomic E-state index is -0.775. The Hall–Kier alpha value is -1.10. The summed E-state index contributed by atoms with van der Waals surface area (Å²) in [6.45, 7) is 5.13. The van der Waals surface area contributed by atoms with E-state index in [1.807, 2.05) is 31.2 Å². The molecule has 1 rings (SSSR count). The molecule has 1 unspecified atom stereocenters. The van der Waals surface area contributed by atoms with Crippen molar-refractivity contribution in [2.75, 3.05) is 26.9 Å². The van der Waals surface area contributed by atoms with Crippen molar-refractivity contribution < 1.29 is 14.3 Å². The van der Waals surface area contributed by atoms with Gasteiger partial charge >= 0.3 is 5.97 Å². The van der Waals surface area contributed by atoms with Gasteiger partial charge in [-0.15, -0.1) is 0 Å². The van der Waals surface area contributed by atoms with Crippen LogP contribution in [0.3, 0.4) is 0 Å². The molecule has 0 bridgehead atoms. The molecule has 0 heterocycles. The summed E-state index contributed by atoms with van der Waals surface area (Å²) in [5.41, 5.74) is 0.248. The number of hydrogen-bond acceptors (Lipinski definition) is 4. The summed E-state index contributed by atoms with van der Waals surface area (Å²) in [5.74, 6) is -0.258. The van der Waals surface area contributed by atoms with Crippen LogP contribution in [0.4, 0.5) is 0 Å². The van der Waals surface area contributed by atoms with Gasteiger partial charge < -0.3 is 9.47 Å². The molecule has 0 spiro atoms. The van der Waals surface area contributed by atoms with Gasteiger partial charge in [-0.2, -0.15) is 0 Å². The lowest BCUT2D eigenvalue weighted by Crippen LogP contribution is -2.53. The van der Waals surface area contributed by atoms with E-state index in [0.29, 0.717) is 31.2 Å². The van der Waals surface area contributed by atoms with E-state index in [1.165, 1.54) is 0 Å². The molecule has 1 N–H and O–H groups in total. The Bertz CT molecular complexity index is 422. The molecule has 5 heteroatoms. The fourth-order valence-corrected chi connectivity index (χ4v) is 2.06. The summed E-state index contributed by atoms with van der Waals surface area (Å²) in [6.07, 6.45) is 0.534. The molecule has 0 radical (unpaired) electrons. The third kappa shape index (κ3) is 5.12. The van der Waals surface area contributed by atoms with E-state index < -0.39 is 5.54 Å². The van der Waals surface area contributed by atoms with E-state index in [9.17, 15) is 4.79 Å². The van der Waals surface area contributed by atoms with Gasteiger partial charge in [-0.1, -0.05) is 23.7 Å². The summed E-state index contributed by atoms with van der Waals surface area (Å²) in [7, 11) is 1.63. The molecule has 0 aromatic heterocycles. The maximum absolute atomic E-state index is 12.2. The lowest BCUT2D eigenvalue weighted by Gasteiger charge is -2.28. The van der Waals surface area contributed by atoms with Gasteiger partial charge in [0.25, 0.3) is 0 Å². The van der Waals surface area contributed by atoms with Gasteiger partial charge in [-0.25, -0.2) is 0 Å². The van der Waals surface area contributed by atoms with Crippen LogP contribution in [-0.4, -0.2) is 38.4 Å².